The van der Waals surface area contributed by atoms with Crippen molar-refractivity contribution in [2.75, 3.05) is 17.7 Å². The van der Waals surface area contributed by atoms with Crippen LogP contribution in [0.2, 0.25) is 0 Å². The summed E-state index contributed by atoms with van der Waals surface area (Å²) >= 11 is 1.49. The number of rotatable bonds is 6. The molecular formula is C19H21N5O3S. The fraction of sp³-hybridized carbons (Fsp3) is 0.263. The number of aromatic nitrogens is 3. The molecule has 2 aromatic heterocycles. The molecule has 0 aliphatic heterocycles. The highest BCUT2D eigenvalue weighted by Crippen LogP contribution is 2.18. The van der Waals surface area contributed by atoms with E-state index in [-0.39, 0.29) is 30.4 Å². The quantitative estimate of drug-likeness (QED) is 0.650. The molecule has 3 aromatic rings. The Labute approximate surface area is 165 Å². The van der Waals surface area contributed by atoms with Gasteiger partial charge in [-0.25, -0.2) is 9.78 Å². The molecule has 0 fully saturated rings. The van der Waals surface area contributed by atoms with Gasteiger partial charge in [-0.3, -0.25) is 19.1 Å². The maximum Gasteiger partial charge on any atom is 0.330 e. The second kappa shape index (κ2) is 8.22. The van der Waals surface area contributed by atoms with Gasteiger partial charge >= 0.3 is 5.69 Å². The Kier molecular flexibility index (Phi) is 5.74. The van der Waals surface area contributed by atoms with Crippen LogP contribution < -0.4 is 21.9 Å². The number of carbonyl (C=O) groups is 1. The fourth-order valence-electron chi connectivity index (χ4n) is 2.82. The lowest BCUT2D eigenvalue weighted by molar-refractivity contribution is -0.117. The molecule has 0 bridgehead atoms. The number of amides is 1. The number of H-pyrrole nitrogens is 1. The number of carbonyl (C=O) groups excluding carboxylic acids is 1. The van der Waals surface area contributed by atoms with E-state index < -0.39 is 11.2 Å². The summed E-state index contributed by atoms with van der Waals surface area (Å²) in [5.74, 6) is -0.393. The number of aromatic amines is 1. The van der Waals surface area contributed by atoms with E-state index in [4.69, 9.17) is 5.73 Å². The summed E-state index contributed by atoms with van der Waals surface area (Å²) in [4.78, 5) is 45.1. The number of nitrogens with zero attached hydrogens (tertiary/aromatic N) is 3. The second-order valence-electron chi connectivity index (χ2n) is 6.28. The third kappa shape index (κ3) is 4.04. The van der Waals surface area contributed by atoms with Gasteiger partial charge in [-0.05, 0) is 12.0 Å². The van der Waals surface area contributed by atoms with Crippen molar-refractivity contribution in [3.8, 4) is 0 Å². The Balaban J connectivity index is 1.91. The van der Waals surface area contributed by atoms with E-state index in [0.717, 1.165) is 17.0 Å². The molecule has 8 nitrogen and oxygen atoms in total. The highest BCUT2D eigenvalue weighted by atomic mass is 32.1. The monoisotopic (exact) mass is 399 g/mol. The van der Waals surface area contributed by atoms with E-state index >= 15 is 0 Å². The molecular weight excluding hydrogens is 378 g/mol. The van der Waals surface area contributed by atoms with Gasteiger partial charge in [0.15, 0.2) is 5.69 Å². The summed E-state index contributed by atoms with van der Waals surface area (Å²) in [5, 5.41) is 2.77. The molecule has 0 spiro atoms. The van der Waals surface area contributed by atoms with E-state index in [9.17, 15) is 14.4 Å². The van der Waals surface area contributed by atoms with Gasteiger partial charge in [0.25, 0.3) is 5.56 Å². The van der Waals surface area contributed by atoms with Gasteiger partial charge in [0.1, 0.15) is 5.82 Å². The molecule has 3 rings (SSSR count). The van der Waals surface area contributed by atoms with Gasteiger partial charge < -0.3 is 10.6 Å². The van der Waals surface area contributed by atoms with Crippen LogP contribution >= 0.6 is 11.3 Å². The van der Waals surface area contributed by atoms with Gasteiger partial charge in [-0.2, -0.15) is 0 Å². The first kappa shape index (κ1) is 19.6. The van der Waals surface area contributed by atoms with E-state index in [1.54, 1.807) is 0 Å². The zero-order valence-electron chi connectivity index (χ0n) is 15.6. The van der Waals surface area contributed by atoms with Crippen molar-refractivity contribution in [1.82, 2.24) is 14.5 Å². The lowest BCUT2D eigenvalue weighted by atomic mass is 10.2. The first-order valence-electron chi connectivity index (χ1n) is 8.77. The van der Waals surface area contributed by atoms with Gasteiger partial charge in [0.05, 0.1) is 23.7 Å². The Morgan fingerprint density at radius 1 is 1.29 bits per heavy atom. The first-order chi connectivity index (χ1) is 13.4. The van der Waals surface area contributed by atoms with Crippen LogP contribution in [0, 0.1) is 0 Å². The fourth-order valence-corrected chi connectivity index (χ4v) is 3.56. The summed E-state index contributed by atoms with van der Waals surface area (Å²) in [6.07, 6.45) is 0.843. The Morgan fingerprint density at radius 3 is 2.64 bits per heavy atom. The number of benzene rings is 1. The zero-order chi connectivity index (χ0) is 20.3. The summed E-state index contributed by atoms with van der Waals surface area (Å²) in [5.41, 5.74) is 6.25. The molecule has 146 valence electrons. The van der Waals surface area contributed by atoms with Crippen LogP contribution in [0.15, 0.2) is 45.3 Å². The normalized spacial score (nSPS) is 10.8. The van der Waals surface area contributed by atoms with Crippen LogP contribution in [-0.2, 0) is 24.2 Å². The number of nitrogen functional groups attached to an aromatic ring is 1. The van der Waals surface area contributed by atoms with Crippen LogP contribution in [0.4, 0.5) is 11.5 Å². The van der Waals surface area contributed by atoms with Gasteiger partial charge in [0, 0.05) is 12.4 Å². The lowest BCUT2D eigenvalue weighted by Crippen LogP contribution is -2.40. The maximum atomic E-state index is 12.7. The third-order valence-electron chi connectivity index (χ3n) is 4.34. The van der Waals surface area contributed by atoms with Crippen LogP contribution in [0.25, 0.3) is 0 Å². The standard InChI is InChI=1S/C19H21N5O3S/c1-3-14-21-13(11-28-14)9-15(25)23(2)16-17(20)24(19(27)22-18(16)26)10-12-7-5-4-6-8-12/h4-8,11H,3,9-10,20H2,1-2H3,(H,22,26,27). The third-order valence-corrected chi connectivity index (χ3v) is 5.38. The van der Waals surface area contributed by atoms with Crippen LogP contribution in [-0.4, -0.2) is 27.5 Å². The predicted octanol–water partition coefficient (Wildman–Crippen LogP) is 1.39. The molecule has 0 radical (unpaired) electrons. The van der Waals surface area contributed by atoms with E-state index in [1.807, 2.05) is 42.6 Å². The number of aryl methyl sites for hydroxylation is 1. The maximum absolute atomic E-state index is 12.7. The molecule has 9 heteroatoms. The van der Waals surface area contributed by atoms with Crippen molar-refractivity contribution in [3.05, 3.63) is 72.8 Å². The summed E-state index contributed by atoms with van der Waals surface area (Å²) in [6, 6.07) is 9.25. The number of anilines is 2. The molecule has 0 aliphatic carbocycles. The molecule has 2 heterocycles. The van der Waals surface area contributed by atoms with Crippen LogP contribution in [0.1, 0.15) is 23.2 Å². The minimum absolute atomic E-state index is 0.0453. The number of hydrogen-bond donors (Lipinski definition) is 2. The van der Waals surface area contributed by atoms with Crippen molar-refractivity contribution in [2.24, 2.45) is 0 Å². The molecule has 28 heavy (non-hydrogen) atoms. The Bertz CT molecular complexity index is 1100. The Morgan fingerprint density at radius 2 is 2.00 bits per heavy atom. The molecule has 1 amide bonds. The summed E-state index contributed by atoms with van der Waals surface area (Å²) < 4.78 is 1.24. The van der Waals surface area contributed by atoms with Gasteiger partial charge in [0.2, 0.25) is 5.91 Å². The number of likely N-dealkylation sites (N-methyl/N-ethyl adjacent to an activating group) is 1. The van der Waals surface area contributed by atoms with E-state index in [2.05, 4.69) is 9.97 Å². The van der Waals surface area contributed by atoms with Crippen molar-refractivity contribution in [2.45, 2.75) is 26.3 Å². The average Bonchev–Trinajstić information content (AvgIpc) is 3.13. The lowest BCUT2D eigenvalue weighted by Gasteiger charge is -2.20. The van der Waals surface area contributed by atoms with E-state index in [0.29, 0.717) is 5.69 Å². The van der Waals surface area contributed by atoms with Gasteiger partial charge in [-0.1, -0.05) is 37.3 Å². The molecule has 1 aromatic carbocycles. The molecule has 0 atom stereocenters. The summed E-state index contributed by atoms with van der Waals surface area (Å²) in [7, 11) is 1.47. The molecule has 3 N–H and O–H groups in total. The van der Waals surface area contributed by atoms with Crippen LogP contribution in [0.5, 0.6) is 0 Å². The number of nitrogens with two attached hydrogens (primary N) is 1. The molecule has 0 unspecified atom stereocenters. The van der Waals surface area contributed by atoms with Crippen LogP contribution in [0.3, 0.4) is 0 Å². The zero-order valence-corrected chi connectivity index (χ0v) is 16.5. The highest BCUT2D eigenvalue weighted by Gasteiger charge is 2.22. The smallest absolute Gasteiger partial charge is 0.330 e. The van der Waals surface area contributed by atoms with Crippen molar-refractivity contribution in [3.63, 3.8) is 0 Å². The predicted molar refractivity (Wildman–Crippen MR) is 110 cm³/mol. The average molecular weight is 399 g/mol. The van der Waals surface area contributed by atoms with Crippen molar-refractivity contribution >= 4 is 28.7 Å². The number of nitrogens with one attached hydrogen (secondary N) is 1. The number of thiazole rings is 1. The molecule has 0 saturated carbocycles. The second-order valence-corrected chi connectivity index (χ2v) is 7.22. The first-order valence-corrected chi connectivity index (χ1v) is 9.65. The van der Waals surface area contributed by atoms with Crippen molar-refractivity contribution < 1.29 is 4.79 Å². The van der Waals surface area contributed by atoms with Crippen molar-refractivity contribution in [1.29, 1.82) is 0 Å². The summed E-state index contributed by atoms with van der Waals surface area (Å²) in [6.45, 7) is 2.18. The van der Waals surface area contributed by atoms with Gasteiger partial charge in [-0.15, -0.1) is 11.3 Å². The Hall–Kier alpha value is -3.20. The molecule has 0 aliphatic rings. The minimum atomic E-state index is -0.699. The largest absolute Gasteiger partial charge is 0.383 e. The highest BCUT2D eigenvalue weighted by molar-refractivity contribution is 7.09. The minimum Gasteiger partial charge on any atom is -0.383 e. The SMILES string of the molecule is CCc1nc(CC(=O)N(C)c2c(N)n(Cc3ccccc3)c(=O)[nH]c2=O)cs1. The molecule has 0 saturated heterocycles. The number of hydrogen-bond acceptors (Lipinski definition) is 6. The van der Waals surface area contributed by atoms with E-state index in [1.165, 1.54) is 27.9 Å². The topological polar surface area (TPSA) is 114 Å².